The Hall–Kier alpha value is -0.700. The molecule has 228 valence electrons. The van der Waals surface area contributed by atoms with E-state index in [4.69, 9.17) is 0 Å². The Kier molecular flexibility index (Phi) is 24.8. The first kappa shape index (κ1) is 37.3. The third-order valence-electron chi connectivity index (χ3n) is 7.42. The molecule has 0 aliphatic carbocycles. The van der Waals surface area contributed by atoms with Crippen LogP contribution in [0.2, 0.25) is 0 Å². The van der Waals surface area contributed by atoms with Gasteiger partial charge in [-0.25, -0.2) is 0 Å². The molecule has 3 atom stereocenters. The zero-order chi connectivity index (χ0) is 28.5. The van der Waals surface area contributed by atoms with Crippen LogP contribution >= 0.6 is 0 Å². The summed E-state index contributed by atoms with van der Waals surface area (Å²) in [5, 5.41) is 23.2. The fourth-order valence-electron chi connectivity index (χ4n) is 4.93. The van der Waals surface area contributed by atoms with Crippen LogP contribution in [-0.2, 0) is 14.9 Å². The van der Waals surface area contributed by atoms with Gasteiger partial charge in [0.15, 0.2) is 0 Å². The molecule has 0 fully saturated rings. The van der Waals surface area contributed by atoms with E-state index in [-0.39, 0.29) is 0 Å². The minimum atomic E-state index is -4.39. The number of nitrogens with one attached hydrogen (secondary N) is 1. The molecule has 0 spiro atoms. The summed E-state index contributed by atoms with van der Waals surface area (Å²) in [4.78, 5) is 12.4. The Bertz CT molecular complexity index is 643. The highest BCUT2D eigenvalue weighted by atomic mass is 32.2. The van der Waals surface area contributed by atoms with Crippen molar-refractivity contribution < 1.29 is 28.0 Å². The minimum Gasteiger partial charge on any atom is -0.391 e. The predicted molar refractivity (Wildman–Crippen MR) is 158 cm³/mol. The van der Waals surface area contributed by atoms with Crippen LogP contribution < -0.4 is 5.32 Å². The van der Waals surface area contributed by atoms with Crippen molar-refractivity contribution in [3.63, 3.8) is 0 Å². The second kappa shape index (κ2) is 25.3. The van der Waals surface area contributed by atoms with Gasteiger partial charge in [0, 0.05) is 0 Å². The second-order valence-electron chi connectivity index (χ2n) is 11.2. The van der Waals surface area contributed by atoms with E-state index in [1.807, 2.05) is 0 Å². The van der Waals surface area contributed by atoms with Crippen LogP contribution in [0.15, 0.2) is 0 Å². The Morgan fingerprint density at radius 1 is 0.605 bits per heavy atom. The van der Waals surface area contributed by atoms with Gasteiger partial charge in [0.1, 0.15) is 6.10 Å². The summed E-state index contributed by atoms with van der Waals surface area (Å²) in [6.45, 7) is 4.42. The zero-order valence-corrected chi connectivity index (χ0v) is 25.5. The lowest BCUT2D eigenvalue weighted by Gasteiger charge is -2.24. The molecule has 38 heavy (non-hydrogen) atoms. The third-order valence-corrected chi connectivity index (χ3v) is 8.20. The van der Waals surface area contributed by atoms with E-state index >= 15 is 0 Å². The number of aliphatic hydroxyl groups excluding tert-OH is 2. The van der Waals surface area contributed by atoms with Gasteiger partial charge < -0.3 is 15.5 Å². The Balaban J connectivity index is 4.13. The molecule has 0 rings (SSSR count). The van der Waals surface area contributed by atoms with Gasteiger partial charge >= 0.3 is 0 Å². The first-order valence-corrected chi connectivity index (χ1v) is 17.4. The van der Waals surface area contributed by atoms with Gasteiger partial charge in [0.2, 0.25) is 5.91 Å². The van der Waals surface area contributed by atoms with Crippen molar-refractivity contribution in [1.29, 1.82) is 0 Å². The maximum Gasteiger partial charge on any atom is 0.266 e. The summed E-state index contributed by atoms with van der Waals surface area (Å²) in [7, 11) is -4.39. The fraction of sp³-hybridized carbons (Fsp3) is 0.967. The van der Waals surface area contributed by atoms with Gasteiger partial charge in [-0.3, -0.25) is 9.35 Å². The normalized spacial score (nSPS) is 14.3. The van der Waals surface area contributed by atoms with E-state index in [1.165, 1.54) is 83.5 Å². The first-order valence-electron chi connectivity index (χ1n) is 15.8. The number of carbonyl (C=O) groups is 1. The van der Waals surface area contributed by atoms with Crippen molar-refractivity contribution in [3.8, 4) is 0 Å². The lowest BCUT2D eigenvalue weighted by molar-refractivity contribution is -0.131. The first-order chi connectivity index (χ1) is 18.2. The molecule has 0 aromatic carbocycles. The largest absolute Gasteiger partial charge is 0.391 e. The van der Waals surface area contributed by atoms with Crippen molar-refractivity contribution >= 4 is 16.0 Å². The number of carbonyl (C=O) groups excluding carboxylic acids is 1. The summed E-state index contributed by atoms with van der Waals surface area (Å²) < 4.78 is 32.2. The Morgan fingerprint density at radius 2 is 0.947 bits per heavy atom. The molecule has 3 unspecified atom stereocenters. The number of amides is 1. The van der Waals surface area contributed by atoms with Crippen LogP contribution in [-0.4, -0.2) is 53.1 Å². The summed E-state index contributed by atoms with van der Waals surface area (Å²) in [5.74, 6) is -1.45. The van der Waals surface area contributed by atoms with Crippen LogP contribution in [0.25, 0.3) is 0 Å². The van der Waals surface area contributed by atoms with E-state index < -0.39 is 40.0 Å². The Morgan fingerprint density at radius 3 is 1.32 bits per heavy atom. The van der Waals surface area contributed by atoms with Crippen LogP contribution in [0.5, 0.6) is 0 Å². The van der Waals surface area contributed by atoms with E-state index in [0.29, 0.717) is 19.3 Å². The van der Waals surface area contributed by atoms with Gasteiger partial charge in [0.05, 0.1) is 17.9 Å². The SMILES string of the molecule is CCCCCCCCCCCCCCCC(O)C(CS(=O)(=O)O)NC(=O)C(O)CCCCCCCCCC. The van der Waals surface area contributed by atoms with Gasteiger partial charge in [-0.1, -0.05) is 149 Å². The van der Waals surface area contributed by atoms with Crippen LogP contribution in [0.1, 0.15) is 162 Å². The molecule has 0 saturated heterocycles. The lowest BCUT2D eigenvalue weighted by Crippen LogP contribution is -2.50. The smallest absolute Gasteiger partial charge is 0.266 e. The average Bonchev–Trinajstić information content (AvgIpc) is 2.86. The monoisotopic (exact) mass is 563 g/mol. The minimum absolute atomic E-state index is 0.300. The lowest BCUT2D eigenvalue weighted by atomic mass is 10.0. The van der Waals surface area contributed by atoms with Crippen molar-refractivity contribution in [3.05, 3.63) is 0 Å². The molecule has 7 nitrogen and oxygen atoms in total. The molecule has 8 heteroatoms. The van der Waals surface area contributed by atoms with Crippen molar-refractivity contribution in [1.82, 2.24) is 5.32 Å². The highest BCUT2D eigenvalue weighted by Crippen LogP contribution is 2.15. The number of aliphatic hydroxyl groups is 2. The molecule has 1 amide bonds. The number of unbranched alkanes of at least 4 members (excludes halogenated alkanes) is 19. The van der Waals surface area contributed by atoms with E-state index in [0.717, 1.165) is 44.9 Å². The summed E-state index contributed by atoms with van der Waals surface area (Å²) in [6, 6.07) is -1.14. The maximum absolute atomic E-state index is 12.4. The molecular weight excluding hydrogens is 502 g/mol. The third kappa shape index (κ3) is 24.3. The van der Waals surface area contributed by atoms with E-state index in [1.54, 1.807) is 0 Å². The molecule has 0 aromatic rings. The number of rotatable bonds is 28. The summed E-state index contributed by atoms with van der Waals surface area (Å²) in [6.07, 6.45) is 22.8. The molecule has 0 aromatic heterocycles. The number of hydrogen-bond donors (Lipinski definition) is 4. The predicted octanol–water partition coefficient (Wildman–Crippen LogP) is 7.09. The average molecular weight is 564 g/mol. The molecular formula is C30H61NO6S. The van der Waals surface area contributed by atoms with Gasteiger partial charge in [-0.05, 0) is 12.8 Å². The zero-order valence-electron chi connectivity index (χ0n) is 24.7. The fourth-order valence-corrected chi connectivity index (χ4v) is 5.69. The van der Waals surface area contributed by atoms with E-state index in [9.17, 15) is 28.0 Å². The van der Waals surface area contributed by atoms with Crippen molar-refractivity contribution in [2.75, 3.05) is 5.75 Å². The van der Waals surface area contributed by atoms with Crippen molar-refractivity contribution in [2.45, 2.75) is 180 Å². The highest BCUT2D eigenvalue weighted by molar-refractivity contribution is 7.85. The number of hydrogen-bond acceptors (Lipinski definition) is 5. The Labute approximate surface area is 234 Å². The maximum atomic E-state index is 12.4. The second-order valence-corrected chi connectivity index (χ2v) is 12.7. The van der Waals surface area contributed by atoms with Crippen molar-refractivity contribution in [2.24, 2.45) is 0 Å². The topological polar surface area (TPSA) is 124 Å². The van der Waals surface area contributed by atoms with Crippen LogP contribution in [0, 0.1) is 0 Å². The summed E-state index contributed by atoms with van der Waals surface area (Å²) >= 11 is 0. The molecule has 0 radical (unpaired) electrons. The molecule has 0 saturated carbocycles. The van der Waals surface area contributed by atoms with Gasteiger partial charge in [-0.15, -0.1) is 0 Å². The highest BCUT2D eigenvalue weighted by Gasteiger charge is 2.28. The standard InChI is InChI=1S/C30H61NO6S/c1-3-5-7-9-11-13-14-15-16-17-19-20-22-24-28(32)27(26-38(35,36)37)31-30(34)29(33)25-23-21-18-12-10-8-6-4-2/h27-29,32-33H,3-26H2,1-2H3,(H,31,34)(H,35,36,37). The molecule has 0 aliphatic rings. The molecule has 4 N–H and O–H groups in total. The summed E-state index contributed by atoms with van der Waals surface area (Å²) in [5.41, 5.74) is 0. The van der Waals surface area contributed by atoms with Crippen LogP contribution in [0.3, 0.4) is 0 Å². The van der Waals surface area contributed by atoms with Gasteiger partial charge in [-0.2, -0.15) is 8.42 Å². The quantitative estimate of drug-likeness (QED) is 0.0595. The molecule has 0 bridgehead atoms. The molecule has 0 heterocycles. The van der Waals surface area contributed by atoms with E-state index in [2.05, 4.69) is 19.2 Å². The van der Waals surface area contributed by atoms with Gasteiger partial charge in [0.25, 0.3) is 10.1 Å². The van der Waals surface area contributed by atoms with Crippen LogP contribution in [0.4, 0.5) is 0 Å². The molecule has 0 aliphatic heterocycles.